The summed E-state index contributed by atoms with van der Waals surface area (Å²) in [7, 11) is -4.08. The predicted molar refractivity (Wildman–Crippen MR) is 576 cm³/mol. The summed E-state index contributed by atoms with van der Waals surface area (Å²) in [6.45, 7) is 44.5. The van der Waals surface area contributed by atoms with E-state index in [1.807, 2.05) is 140 Å². The number of hydrogen-bond acceptors (Lipinski definition) is 17. The van der Waals surface area contributed by atoms with Gasteiger partial charge in [0.25, 0.3) is 5.91 Å². The number of nitrogens with two attached hydrogens (primary N) is 1. The van der Waals surface area contributed by atoms with Gasteiger partial charge in [0.15, 0.2) is 28.6 Å². The van der Waals surface area contributed by atoms with Crippen LogP contribution in [0, 0.1) is 27.7 Å². The van der Waals surface area contributed by atoms with Crippen molar-refractivity contribution in [2.75, 3.05) is 33.0 Å². The van der Waals surface area contributed by atoms with Crippen LogP contribution in [0.15, 0.2) is 228 Å². The normalized spacial score (nSPS) is 15.1. The van der Waals surface area contributed by atoms with Gasteiger partial charge < -0.3 is 49.5 Å². The lowest BCUT2D eigenvalue weighted by Crippen LogP contribution is -2.58. The molecular weight excluding hydrogens is 1980 g/mol. The summed E-state index contributed by atoms with van der Waals surface area (Å²) in [5, 5.41) is 5.98. The van der Waals surface area contributed by atoms with Gasteiger partial charge in [-0.15, -0.1) is 0 Å². The molecule has 0 bridgehead atoms. The number of esters is 2. The van der Waals surface area contributed by atoms with Crippen molar-refractivity contribution in [1.82, 2.24) is 15.4 Å². The number of ketones is 3. The minimum absolute atomic E-state index is 0.0339. The van der Waals surface area contributed by atoms with Crippen LogP contribution in [0.1, 0.15) is 315 Å². The third kappa shape index (κ3) is 40.2. The highest BCUT2D eigenvalue weighted by atomic mass is 32.2. The first-order valence-corrected chi connectivity index (χ1v) is 52.8. The van der Waals surface area contributed by atoms with Crippen molar-refractivity contribution in [2.45, 2.75) is 317 Å². The van der Waals surface area contributed by atoms with Gasteiger partial charge in [0.2, 0.25) is 5.91 Å². The number of nitrogens with zero attached hydrogens (tertiary/aromatic N) is 1. The molecule has 9 aromatic carbocycles. The van der Waals surface area contributed by atoms with Crippen molar-refractivity contribution in [3.63, 3.8) is 0 Å². The third-order valence-corrected chi connectivity index (χ3v) is 26.6. The quantitative estimate of drug-likeness (QED) is 0.00526. The van der Waals surface area contributed by atoms with Gasteiger partial charge in [0.1, 0.15) is 68.5 Å². The number of hydrogen-bond donors (Lipinski definition) is 4. The molecule has 1 aliphatic heterocycles. The number of amides is 2. The van der Waals surface area contributed by atoms with E-state index in [-0.39, 0.29) is 45.6 Å². The zero-order valence-corrected chi connectivity index (χ0v) is 92.3. The Morgan fingerprint density at radius 2 is 0.747 bits per heavy atom. The average Bonchev–Trinajstić information content (AvgIpc) is 0.686. The number of Topliss-reactive ketones (excluding diaryl/α,β-unsaturated/α-hetero) is 3. The summed E-state index contributed by atoms with van der Waals surface area (Å²) in [6, 6.07) is 59.6. The topological polar surface area (TPSA) is 293 Å². The molecule has 0 aromatic heterocycles. The van der Waals surface area contributed by atoms with Crippen LogP contribution in [-0.4, -0.2) is 127 Å². The molecule has 5 N–H and O–H groups in total. The van der Waals surface area contributed by atoms with Gasteiger partial charge in [-0.2, -0.15) is 43.9 Å². The number of nitrogens with one attached hydrogen (secondary N) is 3. The van der Waals surface area contributed by atoms with Gasteiger partial charge in [0.05, 0.1) is 64.6 Å². The Hall–Kier alpha value is -12.1. The zero-order chi connectivity index (χ0) is 112. The van der Waals surface area contributed by atoms with Crippen molar-refractivity contribution < 1.29 is 115 Å². The lowest BCUT2D eigenvalue weighted by atomic mass is 9.78. The van der Waals surface area contributed by atoms with E-state index in [0.29, 0.717) is 67.8 Å². The highest BCUT2D eigenvalue weighted by molar-refractivity contribution is 7.85. The number of rotatable bonds is 42. The second kappa shape index (κ2) is 56.8. The highest BCUT2D eigenvalue weighted by Crippen LogP contribution is 2.47. The number of unbranched alkanes of at least 4 members (excludes halogenated alkanes) is 5. The Morgan fingerprint density at radius 1 is 0.413 bits per heavy atom. The Balaban J connectivity index is 0.000000288. The first-order chi connectivity index (χ1) is 70.0. The SMILES string of the molecule is CCCCOc1ccc(C(=N[S@@](=O)C(C)(C)C)C(F)(F)F)cc1.CCCCOc1ccc([C@@](N)(CC(=O)c2ccc(C)cc2)C(F)(F)F)cc1.CCCCOc1ccc([C@](C)(CC(=O)c2ccc(C)cc2)NC(=O)CC(=O)OC(C)(C)C)cc1.CCCCOc1ccc([C@](CC(=O)c2ccc(C)cc2)(N[S@@](=O)C(C)(C)C)C(F)(F)F)cc1.CCCCOc1ccc([C@]2(C)CC(c3ccc(C)cc3)=C(C(=O)OC(C)(C)C)C(=O)N2)cc1. The average molecular weight is 2130 g/mol. The number of carbonyl (C=O) groups excluding carboxylic acids is 7. The van der Waals surface area contributed by atoms with Crippen LogP contribution >= 0.6 is 0 Å². The molecule has 1 aliphatic rings. The molecule has 0 aliphatic carbocycles. The number of benzene rings is 9. The number of carbonyl (C=O) groups is 7. The van der Waals surface area contributed by atoms with Crippen molar-refractivity contribution in [3.05, 3.63) is 296 Å². The van der Waals surface area contributed by atoms with Gasteiger partial charge in [0, 0.05) is 47.9 Å². The molecule has 818 valence electrons. The van der Waals surface area contributed by atoms with Crippen molar-refractivity contribution in [3.8, 4) is 28.7 Å². The number of halogens is 9. The lowest BCUT2D eigenvalue weighted by Gasteiger charge is -2.38. The maximum Gasteiger partial charge on any atom is 0.434 e. The monoisotopic (exact) mass is 2130 g/mol. The van der Waals surface area contributed by atoms with E-state index in [4.69, 9.17) is 38.9 Å². The van der Waals surface area contributed by atoms with Gasteiger partial charge in [-0.1, -0.05) is 235 Å². The molecule has 150 heavy (non-hydrogen) atoms. The van der Waals surface area contributed by atoms with E-state index in [9.17, 15) is 81.5 Å². The molecule has 32 heteroatoms. The van der Waals surface area contributed by atoms with Crippen LogP contribution < -0.4 is 44.8 Å². The zero-order valence-electron chi connectivity index (χ0n) is 90.7. The fourth-order valence-electron chi connectivity index (χ4n) is 14.7. The van der Waals surface area contributed by atoms with Crippen molar-refractivity contribution in [1.29, 1.82) is 0 Å². The molecule has 21 nitrogen and oxygen atoms in total. The molecule has 0 saturated heterocycles. The Bertz CT molecular complexity index is 5960. The van der Waals surface area contributed by atoms with Crippen LogP contribution in [0.4, 0.5) is 39.5 Å². The molecule has 0 spiro atoms. The van der Waals surface area contributed by atoms with E-state index in [1.54, 1.807) is 126 Å². The summed E-state index contributed by atoms with van der Waals surface area (Å²) in [5.41, 5.74) is 3.66. The van der Waals surface area contributed by atoms with Gasteiger partial charge in [-0.05, 0) is 263 Å². The first-order valence-electron chi connectivity index (χ1n) is 50.5. The fraction of sp³-hybridized carbons (Fsp3) is 0.458. The largest absolute Gasteiger partial charge is 0.494 e. The third-order valence-electron chi connectivity index (χ3n) is 23.5. The molecule has 0 radical (unpaired) electrons. The summed E-state index contributed by atoms with van der Waals surface area (Å²) in [6.07, 6.45) is -6.57. The van der Waals surface area contributed by atoms with Crippen LogP contribution in [0.3, 0.4) is 0 Å². The standard InChI is InChI=1S/C28H37NO5.C28H35NO4.C25H32F3NO3S.C21H24F3NO2.C16H22F3NO2S/c1-7-8-17-33-23-15-13-22(14-16-23)28(6,19-24(30)21-11-9-20(2)10-12-21)29-25(31)18-26(32)34-27(3,4)5;1-7-8-17-32-22-15-13-21(14-16-22)28(6)18-23(20-11-9-19(2)10-12-20)24(25(30)29-28)26(31)33-27(3,4)5;1-6-7-16-32-21-14-12-20(13-15-21)24(25(26,27)28,29-33(31)23(3,4)5)17-22(30)19-10-8-18(2)9-11-19;1-3-4-13-27-18-11-9-17(10-12-18)20(25,21(22,23)24)14-19(26)16-7-5-15(2)6-8-16;1-5-6-11-22-13-9-7-12(8-10-13)14(16(17,18)19)20-23(21)15(2,3)4/h9-16H,7-8,17-19H2,1-6H3,(H,29,31);9-16H,7-8,17-18H2,1-6H3,(H,29,30);8-15,29H,6-7,16-17H2,1-5H3;5-12H,3-4,13-14,25H2,1-2H3;7-10H,5-6,11H2,1-4H3/t2*28-;24-,33-;20-;23-/m00000/s1. The van der Waals surface area contributed by atoms with Crippen LogP contribution in [0.5, 0.6) is 28.7 Å². The summed E-state index contributed by atoms with van der Waals surface area (Å²) in [5.74, 6) is -0.656. The molecule has 10 rings (SSSR count). The van der Waals surface area contributed by atoms with Crippen LogP contribution in [0.25, 0.3) is 5.57 Å². The van der Waals surface area contributed by atoms with E-state index in [2.05, 4.69) is 33.6 Å². The molecule has 9 aromatic rings. The molecule has 0 unspecified atom stereocenters. The molecule has 6 atom stereocenters. The Kier molecular flexibility index (Phi) is 47.9. The van der Waals surface area contributed by atoms with Gasteiger partial charge in [-0.3, -0.25) is 28.8 Å². The smallest absolute Gasteiger partial charge is 0.434 e. The lowest BCUT2D eigenvalue weighted by molar-refractivity contribution is -0.193. The highest BCUT2D eigenvalue weighted by Gasteiger charge is 2.59. The number of aryl methyl sites for hydroxylation is 4. The van der Waals surface area contributed by atoms with E-state index >= 15 is 0 Å². The molecular formula is C118H150F9N5O16S2. The maximum atomic E-state index is 14.7. The van der Waals surface area contributed by atoms with E-state index in [1.165, 1.54) is 97.1 Å². The number of ether oxygens (including phenoxy) is 7. The summed E-state index contributed by atoms with van der Waals surface area (Å²) >= 11 is 0. The second-order valence-corrected chi connectivity index (χ2v) is 45.4. The summed E-state index contributed by atoms with van der Waals surface area (Å²) < 4.78 is 193. The first kappa shape index (κ1) is 127. The predicted octanol–water partition coefficient (Wildman–Crippen LogP) is 27.3. The second-order valence-electron chi connectivity index (χ2n) is 41.5. The Morgan fingerprint density at radius 3 is 1.09 bits per heavy atom. The fourth-order valence-corrected chi connectivity index (χ4v) is 16.2. The van der Waals surface area contributed by atoms with Crippen LogP contribution in [0.2, 0.25) is 0 Å². The molecule has 0 saturated carbocycles. The van der Waals surface area contributed by atoms with Crippen molar-refractivity contribution in [2.24, 2.45) is 10.1 Å². The molecule has 0 fully saturated rings. The molecule has 2 amide bonds. The number of alkyl halides is 9. The Labute approximate surface area is 884 Å². The minimum Gasteiger partial charge on any atom is -0.494 e. The van der Waals surface area contributed by atoms with E-state index < -0.39 is 144 Å². The van der Waals surface area contributed by atoms with E-state index in [0.717, 1.165) is 115 Å². The van der Waals surface area contributed by atoms with Crippen LogP contribution in [-0.2, 0) is 72.8 Å². The van der Waals surface area contributed by atoms with Gasteiger partial charge >= 0.3 is 30.5 Å². The maximum absolute atomic E-state index is 14.7. The summed E-state index contributed by atoms with van der Waals surface area (Å²) in [4.78, 5) is 89.8. The molecule has 1 heterocycles. The van der Waals surface area contributed by atoms with Crippen molar-refractivity contribution >= 4 is 74.4 Å². The minimum atomic E-state index is -4.90. The van der Waals surface area contributed by atoms with Gasteiger partial charge in [-0.25, -0.2) is 17.9 Å².